The van der Waals surface area contributed by atoms with Crippen LogP contribution in [0.3, 0.4) is 0 Å². The molecule has 16 atom stereocenters. The lowest BCUT2D eigenvalue weighted by Gasteiger charge is -2.42. The molecule has 7 amide bonds. The molecule has 1 unspecified atom stereocenters. The monoisotopic (exact) mass is 1720 g/mol. The van der Waals surface area contributed by atoms with Gasteiger partial charge < -0.3 is 164 Å². The van der Waals surface area contributed by atoms with Gasteiger partial charge >= 0.3 is 0 Å². The van der Waals surface area contributed by atoms with E-state index in [0.29, 0.717) is 6.42 Å². The number of rotatable bonds is 64. The summed E-state index contributed by atoms with van der Waals surface area (Å²) >= 11 is 0. The van der Waals surface area contributed by atoms with Crippen LogP contribution >= 0.6 is 8.53 Å². The molecule has 0 radical (unpaired) electrons. The number of amides is 7. The molecule has 1 aliphatic carbocycles. The third-order valence-electron chi connectivity index (χ3n) is 18.8. The van der Waals surface area contributed by atoms with Gasteiger partial charge in [-0.2, -0.15) is 5.26 Å². The molecule has 682 valence electrons. The second-order valence-corrected chi connectivity index (χ2v) is 30.6. The highest BCUT2D eigenvalue weighted by Crippen LogP contribution is 2.49. The van der Waals surface area contributed by atoms with Gasteiger partial charge in [-0.05, 0) is 59.3 Å². The summed E-state index contributed by atoms with van der Waals surface area (Å²) in [6.45, 7) is 9.64. The first-order valence-corrected chi connectivity index (χ1v) is 41.4. The van der Waals surface area contributed by atoms with Crippen molar-refractivity contribution in [2.24, 2.45) is 5.92 Å². The molecule has 4 aliphatic rings. The standard InChI is InChI=1S/C74H133N10O33P/c1-47(2)84(48(3)4)118(113-22-8-17-75)117-54-11-9-52(10-12-54)39-61(95)79-21-30-104-32-31-102-24-16-60(94)83-74(45-108-25-14-58(92)77-19-28-105-34-37-111-72-63(81-50(6)89)69(100)66(97)56(42-86)115-72,46-109-26-15-59(93)78-20-29-106-35-38-112-73-64(82-51(7)90)70(101)67(98)57(43-87)116-73)44-107-23-13-53(91)40-76-18-27-103-33-36-110-71-62(80-49(5)88)68(99)65(96)55(41-85)114-71/h47-48,52,54-57,62-73,76,85-87,96-101H,8-16,18-46H2,1-7H3,(H,77,92)(H,78,93)(H,79,95)(H,80,88)(H,81,89)(H,82,90)(H,83,94)/t52?,54?,55-,56-,57-,62-,63-,64-,65+,66+,67+,68-,69-,70-,71-,72-,73-,118?/m1/s1. The maximum atomic E-state index is 14.0. The molecule has 4 fully saturated rings. The molecular weight excluding hydrogens is 1590 g/mol. The minimum absolute atomic E-state index is 0.0185. The van der Waals surface area contributed by atoms with Crippen molar-refractivity contribution in [1.82, 2.24) is 47.2 Å². The van der Waals surface area contributed by atoms with Crippen molar-refractivity contribution in [3.63, 3.8) is 0 Å². The SMILES string of the molecule is CC(=O)N[C@H]1[C@H](OCCOCCNCC(=O)CCOCC(COCCC(=O)NCCOCCO[C@@H]2O[C@H](CO)[C@H](O)[C@H](O)[C@H]2NC(C)=O)(COCCC(=O)NCCOCCO[C@@H]2O[C@H](CO)[C@H](O)[C@H](O)[C@H]2NC(C)=O)NC(=O)CCOCCOCCNC(=O)CC2CCC(OP(OCCC#N)N(C(C)C)C(C)C)CC2)O[C@H](CO)[C@H](O)[C@@H]1O. The van der Waals surface area contributed by atoms with Gasteiger partial charge in [0.2, 0.25) is 41.4 Å². The fraction of sp³-hybridized carbons (Fsp3) is 0.878. The van der Waals surface area contributed by atoms with Gasteiger partial charge in [-0.15, -0.1) is 0 Å². The lowest BCUT2D eigenvalue weighted by Crippen LogP contribution is -2.64. The molecule has 0 spiro atoms. The van der Waals surface area contributed by atoms with Gasteiger partial charge in [-0.1, -0.05) is 0 Å². The second kappa shape index (κ2) is 60.4. The normalized spacial score (nSPS) is 25.7. The van der Waals surface area contributed by atoms with Crippen molar-refractivity contribution in [3.8, 4) is 6.07 Å². The van der Waals surface area contributed by atoms with Gasteiger partial charge in [-0.3, -0.25) is 38.4 Å². The number of ether oxygens (including phenoxy) is 14. The highest BCUT2D eigenvalue weighted by atomic mass is 31.2. The molecule has 1 saturated carbocycles. The number of aliphatic hydroxyl groups excluding tert-OH is 9. The predicted molar refractivity (Wildman–Crippen MR) is 413 cm³/mol. The molecule has 4 rings (SSSR count). The Morgan fingerprint density at radius 2 is 0.822 bits per heavy atom. The molecule has 118 heavy (non-hydrogen) atoms. The van der Waals surface area contributed by atoms with Crippen LogP contribution in [0.2, 0.25) is 0 Å². The van der Waals surface area contributed by atoms with Crippen LogP contribution in [0.4, 0.5) is 0 Å². The van der Waals surface area contributed by atoms with Crippen molar-refractivity contribution in [2.45, 2.75) is 228 Å². The minimum Gasteiger partial charge on any atom is -0.394 e. The molecule has 43 nitrogen and oxygen atoms in total. The van der Waals surface area contributed by atoms with Crippen LogP contribution in [0.15, 0.2) is 0 Å². The van der Waals surface area contributed by atoms with E-state index in [1.54, 1.807) is 0 Å². The van der Waals surface area contributed by atoms with Crippen LogP contribution in [-0.2, 0) is 114 Å². The van der Waals surface area contributed by atoms with Gasteiger partial charge in [0.05, 0.1) is 177 Å². The molecule has 17 N–H and O–H groups in total. The van der Waals surface area contributed by atoms with Gasteiger partial charge in [0.25, 0.3) is 8.53 Å². The molecule has 0 bridgehead atoms. The van der Waals surface area contributed by atoms with Crippen LogP contribution in [0, 0.1) is 17.2 Å². The second-order valence-electron chi connectivity index (χ2n) is 29.2. The van der Waals surface area contributed by atoms with Gasteiger partial charge in [0.15, 0.2) is 18.9 Å². The van der Waals surface area contributed by atoms with Crippen molar-refractivity contribution in [2.75, 3.05) is 185 Å². The lowest BCUT2D eigenvalue weighted by atomic mass is 9.85. The van der Waals surface area contributed by atoms with Gasteiger partial charge in [-0.25, -0.2) is 4.67 Å². The molecule has 3 aliphatic heterocycles. The number of carbonyl (C=O) groups is 8. The van der Waals surface area contributed by atoms with Gasteiger partial charge in [0, 0.05) is 91.1 Å². The van der Waals surface area contributed by atoms with Crippen molar-refractivity contribution < 1.29 is 160 Å². The summed E-state index contributed by atoms with van der Waals surface area (Å²) in [5.74, 6) is -3.17. The van der Waals surface area contributed by atoms with E-state index in [4.69, 9.17) is 80.6 Å². The summed E-state index contributed by atoms with van der Waals surface area (Å²) < 4.78 is 95.0. The first kappa shape index (κ1) is 105. The Morgan fingerprint density at radius 3 is 1.21 bits per heavy atom. The molecular formula is C74H133N10O33P. The summed E-state index contributed by atoms with van der Waals surface area (Å²) in [6.07, 6.45) is -13.0. The largest absolute Gasteiger partial charge is 0.394 e. The fourth-order valence-electron chi connectivity index (χ4n) is 12.8. The third-order valence-corrected chi connectivity index (χ3v) is 20.9. The van der Waals surface area contributed by atoms with E-state index in [1.807, 2.05) is 0 Å². The van der Waals surface area contributed by atoms with E-state index >= 15 is 0 Å². The average molecular weight is 1720 g/mol. The molecule has 3 heterocycles. The van der Waals surface area contributed by atoms with E-state index in [9.17, 15) is 84.3 Å². The molecule has 0 aromatic heterocycles. The summed E-state index contributed by atoms with van der Waals surface area (Å²) in [5, 5.41) is 122. The number of ketones is 1. The van der Waals surface area contributed by atoms with Crippen LogP contribution in [-0.4, -0.2) is 398 Å². The minimum atomic E-state index is -1.53. The lowest BCUT2D eigenvalue weighted by molar-refractivity contribution is -0.272. The van der Waals surface area contributed by atoms with Crippen molar-refractivity contribution in [1.29, 1.82) is 5.26 Å². The van der Waals surface area contributed by atoms with Gasteiger partial charge in [0.1, 0.15) is 84.4 Å². The van der Waals surface area contributed by atoms with Crippen molar-refractivity contribution in [3.05, 3.63) is 0 Å². The van der Waals surface area contributed by atoms with Crippen LogP contribution in [0.1, 0.15) is 113 Å². The van der Waals surface area contributed by atoms with Crippen LogP contribution < -0.4 is 42.5 Å². The Morgan fingerprint density at radius 1 is 0.458 bits per heavy atom. The van der Waals surface area contributed by atoms with E-state index in [1.165, 1.54) is 20.8 Å². The highest BCUT2D eigenvalue weighted by molar-refractivity contribution is 7.44. The van der Waals surface area contributed by atoms with Crippen LogP contribution in [0.25, 0.3) is 0 Å². The van der Waals surface area contributed by atoms with Crippen LogP contribution in [0.5, 0.6) is 0 Å². The number of hydrogen-bond donors (Lipinski definition) is 17. The smallest absolute Gasteiger partial charge is 0.259 e. The fourth-order valence-corrected chi connectivity index (χ4v) is 14.6. The number of nitriles is 1. The van der Waals surface area contributed by atoms with E-state index in [-0.39, 0.29) is 233 Å². The maximum absolute atomic E-state index is 14.0. The third kappa shape index (κ3) is 41.3. The first-order valence-electron chi connectivity index (χ1n) is 40.3. The zero-order chi connectivity index (χ0) is 86.8. The van der Waals surface area contributed by atoms with E-state index in [0.717, 1.165) is 25.7 Å². The summed E-state index contributed by atoms with van der Waals surface area (Å²) in [4.78, 5) is 102. The number of carbonyl (C=O) groups excluding carboxylic acids is 8. The average Bonchev–Trinajstić information content (AvgIpc) is 0.820. The molecule has 0 aromatic rings. The zero-order valence-electron chi connectivity index (χ0n) is 69.0. The summed E-state index contributed by atoms with van der Waals surface area (Å²) in [6, 6.07) is -0.954. The maximum Gasteiger partial charge on any atom is 0.259 e. The number of aliphatic hydroxyl groups is 9. The molecule has 0 aromatic carbocycles. The van der Waals surface area contributed by atoms with Crippen molar-refractivity contribution >= 4 is 55.7 Å². The predicted octanol–water partition coefficient (Wildman–Crippen LogP) is -5.84. The Kier molecular flexibility index (Phi) is 53.8. The zero-order valence-corrected chi connectivity index (χ0v) is 69.9. The molecule has 44 heteroatoms. The molecule has 3 saturated heterocycles. The Labute approximate surface area is 690 Å². The highest BCUT2D eigenvalue weighted by Gasteiger charge is 2.48. The van der Waals surface area contributed by atoms with E-state index < -0.39 is 161 Å². The Bertz CT molecular complexity index is 2790. The Hall–Kier alpha value is -5.20. The Balaban J connectivity index is 1.33. The number of hydrogen-bond acceptors (Lipinski definition) is 36. The number of nitrogens with one attached hydrogen (secondary N) is 8. The first-order chi connectivity index (χ1) is 56.6. The number of nitrogens with zero attached hydrogens (tertiary/aromatic N) is 2. The topological polar surface area (TPSA) is 590 Å². The number of Topliss-reactive ketones (excluding diaryl/α,β-unsaturated/α-hetero) is 1. The summed E-state index contributed by atoms with van der Waals surface area (Å²) in [7, 11) is -1.37. The van der Waals surface area contributed by atoms with E-state index in [2.05, 4.69) is 81.0 Å². The quantitative estimate of drug-likeness (QED) is 0.0199. The summed E-state index contributed by atoms with van der Waals surface area (Å²) in [5.41, 5.74) is -1.53.